The van der Waals surface area contributed by atoms with Gasteiger partial charge in [-0.25, -0.2) is 4.39 Å². The number of carbonyl (C=O) groups excluding carboxylic acids is 1. The molecule has 3 nitrogen and oxygen atoms in total. The standard InChI is InChI=1S/C17H14BrFN2O/c1-9-5-10(2)12-8-16(20-15(12)6-9)17(22)21-14-4-3-11(19)7-13(14)18/h3-8,20H,1-2H3,(H,21,22). The summed E-state index contributed by atoms with van der Waals surface area (Å²) in [7, 11) is 0. The highest BCUT2D eigenvalue weighted by Crippen LogP contribution is 2.25. The summed E-state index contributed by atoms with van der Waals surface area (Å²) in [6.45, 7) is 4.03. The molecule has 2 aromatic carbocycles. The molecule has 1 aromatic heterocycles. The Balaban J connectivity index is 1.93. The Morgan fingerprint density at radius 2 is 1.95 bits per heavy atom. The maximum Gasteiger partial charge on any atom is 0.272 e. The lowest BCUT2D eigenvalue weighted by Gasteiger charge is -2.06. The van der Waals surface area contributed by atoms with Crippen molar-refractivity contribution >= 4 is 38.4 Å². The van der Waals surface area contributed by atoms with E-state index in [1.54, 1.807) is 0 Å². The smallest absolute Gasteiger partial charge is 0.272 e. The van der Waals surface area contributed by atoms with E-state index >= 15 is 0 Å². The quantitative estimate of drug-likeness (QED) is 0.667. The molecule has 112 valence electrons. The molecule has 1 amide bonds. The van der Waals surface area contributed by atoms with Crippen molar-refractivity contribution in [2.75, 3.05) is 5.32 Å². The number of rotatable bonds is 2. The Morgan fingerprint density at radius 1 is 1.18 bits per heavy atom. The molecule has 2 N–H and O–H groups in total. The fourth-order valence-corrected chi connectivity index (χ4v) is 2.95. The number of anilines is 1. The highest BCUT2D eigenvalue weighted by molar-refractivity contribution is 9.10. The number of hydrogen-bond acceptors (Lipinski definition) is 1. The second kappa shape index (κ2) is 5.57. The molecule has 0 atom stereocenters. The van der Waals surface area contributed by atoms with Crippen LogP contribution in [0.3, 0.4) is 0 Å². The maximum atomic E-state index is 13.1. The van der Waals surface area contributed by atoms with Gasteiger partial charge >= 0.3 is 0 Å². The number of halogens is 2. The van der Waals surface area contributed by atoms with Gasteiger partial charge in [0.15, 0.2) is 0 Å². The number of aromatic amines is 1. The third-order valence-corrected chi connectivity index (χ3v) is 4.17. The average Bonchev–Trinajstić information content (AvgIpc) is 2.86. The van der Waals surface area contributed by atoms with Crippen molar-refractivity contribution < 1.29 is 9.18 Å². The van der Waals surface area contributed by atoms with Crippen LogP contribution in [0.15, 0.2) is 40.9 Å². The van der Waals surface area contributed by atoms with Gasteiger partial charge in [-0.1, -0.05) is 6.07 Å². The molecule has 5 heteroatoms. The molecule has 1 heterocycles. The molecule has 22 heavy (non-hydrogen) atoms. The highest BCUT2D eigenvalue weighted by atomic mass is 79.9. The van der Waals surface area contributed by atoms with E-state index in [9.17, 15) is 9.18 Å². The van der Waals surface area contributed by atoms with Gasteiger partial charge in [-0.2, -0.15) is 0 Å². The van der Waals surface area contributed by atoms with Crippen LogP contribution < -0.4 is 5.32 Å². The van der Waals surface area contributed by atoms with Gasteiger partial charge in [0.25, 0.3) is 5.91 Å². The van der Waals surface area contributed by atoms with Crippen molar-refractivity contribution in [2.24, 2.45) is 0 Å². The second-order valence-electron chi connectivity index (χ2n) is 5.30. The molecule has 0 saturated carbocycles. The Kier molecular flexibility index (Phi) is 3.74. The van der Waals surface area contributed by atoms with Crippen LogP contribution in [0, 0.1) is 19.7 Å². The molecule has 0 spiro atoms. The number of hydrogen-bond donors (Lipinski definition) is 2. The first-order chi connectivity index (χ1) is 10.4. The Labute approximate surface area is 135 Å². The zero-order chi connectivity index (χ0) is 15.9. The van der Waals surface area contributed by atoms with Gasteiger partial charge in [0.05, 0.1) is 5.69 Å². The van der Waals surface area contributed by atoms with E-state index in [4.69, 9.17) is 0 Å². The van der Waals surface area contributed by atoms with Gasteiger partial charge in [0.2, 0.25) is 0 Å². The van der Waals surface area contributed by atoms with Crippen LogP contribution in [0.5, 0.6) is 0 Å². The molecule has 0 bridgehead atoms. The topological polar surface area (TPSA) is 44.9 Å². The van der Waals surface area contributed by atoms with Crippen LogP contribution in [0.2, 0.25) is 0 Å². The largest absolute Gasteiger partial charge is 0.351 e. The van der Waals surface area contributed by atoms with Crippen molar-refractivity contribution in [1.82, 2.24) is 4.98 Å². The molecule has 3 aromatic rings. The molecule has 0 aliphatic carbocycles. The zero-order valence-corrected chi connectivity index (χ0v) is 13.7. The first-order valence-corrected chi connectivity index (χ1v) is 7.60. The van der Waals surface area contributed by atoms with Crippen LogP contribution >= 0.6 is 15.9 Å². The summed E-state index contributed by atoms with van der Waals surface area (Å²) < 4.78 is 13.6. The van der Waals surface area contributed by atoms with E-state index in [0.29, 0.717) is 15.9 Å². The fourth-order valence-electron chi connectivity index (χ4n) is 2.50. The Morgan fingerprint density at radius 3 is 2.68 bits per heavy atom. The van der Waals surface area contributed by atoms with Crippen LogP contribution in [0.1, 0.15) is 21.6 Å². The predicted molar refractivity (Wildman–Crippen MR) is 89.8 cm³/mol. The molecular formula is C17H14BrFN2O. The molecule has 0 fully saturated rings. The van der Waals surface area contributed by atoms with Crippen LogP contribution in [-0.2, 0) is 0 Å². The molecule has 0 unspecified atom stereocenters. The van der Waals surface area contributed by atoms with Gasteiger partial charge in [-0.3, -0.25) is 4.79 Å². The molecule has 3 rings (SSSR count). The predicted octanol–water partition coefficient (Wildman–Crippen LogP) is 4.94. The van der Waals surface area contributed by atoms with E-state index in [-0.39, 0.29) is 11.7 Å². The highest BCUT2D eigenvalue weighted by Gasteiger charge is 2.13. The summed E-state index contributed by atoms with van der Waals surface area (Å²) in [5, 5.41) is 3.79. The minimum Gasteiger partial charge on any atom is -0.351 e. The molecule has 0 aliphatic rings. The number of nitrogens with one attached hydrogen (secondary N) is 2. The summed E-state index contributed by atoms with van der Waals surface area (Å²) in [5.41, 5.74) is 4.19. The molecule has 0 radical (unpaired) electrons. The number of amides is 1. The van der Waals surface area contributed by atoms with Crippen molar-refractivity contribution in [3.05, 3.63) is 63.5 Å². The van der Waals surface area contributed by atoms with Crippen molar-refractivity contribution in [3.63, 3.8) is 0 Å². The van der Waals surface area contributed by atoms with Crippen LogP contribution in [0.25, 0.3) is 10.9 Å². The van der Waals surface area contributed by atoms with Crippen LogP contribution in [-0.4, -0.2) is 10.9 Å². The lowest BCUT2D eigenvalue weighted by molar-refractivity contribution is 0.102. The van der Waals surface area contributed by atoms with E-state index in [1.165, 1.54) is 18.2 Å². The number of fused-ring (bicyclic) bond motifs is 1. The lowest BCUT2D eigenvalue weighted by Crippen LogP contribution is -2.12. The zero-order valence-electron chi connectivity index (χ0n) is 12.1. The first-order valence-electron chi connectivity index (χ1n) is 6.80. The van der Waals surface area contributed by atoms with Crippen molar-refractivity contribution in [1.29, 1.82) is 0 Å². The third kappa shape index (κ3) is 2.76. The second-order valence-corrected chi connectivity index (χ2v) is 6.16. The Bertz CT molecular complexity index is 886. The fraction of sp³-hybridized carbons (Fsp3) is 0.118. The van der Waals surface area contributed by atoms with E-state index in [0.717, 1.165) is 22.0 Å². The number of benzene rings is 2. The summed E-state index contributed by atoms with van der Waals surface area (Å²) in [6, 6.07) is 10.1. The van der Waals surface area contributed by atoms with Crippen molar-refractivity contribution in [3.8, 4) is 0 Å². The molecule has 0 aliphatic heterocycles. The van der Waals surface area contributed by atoms with Crippen LogP contribution in [0.4, 0.5) is 10.1 Å². The van der Waals surface area contributed by atoms with Crippen molar-refractivity contribution in [2.45, 2.75) is 13.8 Å². The minimum atomic E-state index is -0.360. The summed E-state index contributed by atoms with van der Waals surface area (Å²) in [6.07, 6.45) is 0. The number of carbonyl (C=O) groups is 1. The summed E-state index contributed by atoms with van der Waals surface area (Å²) in [5.74, 6) is -0.623. The number of aryl methyl sites for hydroxylation is 2. The number of H-pyrrole nitrogens is 1. The van der Waals surface area contributed by atoms with Gasteiger partial charge in [-0.05, 0) is 71.2 Å². The molecular weight excluding hydrogens is 347 g/mol. The Hall–Kier alpha value is -2.14. The maximum absolute atomic E-state index is 13.1. The monoisotopic (exact) mass is 360 g/mol. The third-order valence-electron chi connectivity index (χ3n) is 3.51. The first kappa shape index (κ1) is 14.8. The lowest BCUT2D eigenvalue weighted by atomic mass is 10.1. The van der Waals surface area contributed by atoms with Gasteiger partial charge in [0.1, 0.15) is 11.5 Å². The normalized spacial score (nSPS) is 10.9. The SMILES string of the molecule is Cc1cc(C)c2cc(C(=O)Nc3ccc(F)cc3Br)[nH]c2c1. The summed E-state index contributed by atoms with van der Waals surface area (Å²) >= 11 is 3.24. The van der Waals surface area contributed by atoms with Gasteiger partial charge in [-0.15, -0.1) is 0 Å². The van der Waals surface area contributed by atoms with Gasteiger partial charge < -0.3 is 10.3 Å². The average molecular weight is 361 g/mol. The molecule has 0 saturated heterocycles. The van der Waals surface area contributed by atoms with E-state index < -0.39 is 0 Å². The van der Waals surface area contributed by atoms with Gasteiger partial charge in [0, 0.05) is 15.4 Å². The minimum absolute atomic E-state index is 0.263. The van der Waals surface area contributed by atoms with E-state index in [1.807, 2.05) is 26.0 Å². The van der Waals surface area contributed by atoms with E-state index in [2.05, 4.69) is 32.3 Å². The summed E-state index contributed by atoms with van der Waals surface area (Å²) in [4.78, 5) is 15.5. The number of aromatic nitrogens is 1.